The summed E-state index contributed by atoms with van der Waals surface area (Å²) >= 11 is 0. The average Bonchev–Trinajstić information content (AvgIpc) is 2.12. The van der Waals surface area contributed by atoms with Gasteiger partial charge in [0.25, 0.3) is 0 Å². The molecular weight excluding hydrogens is 184 g/mol. The van der Waals surface area contributed by atoms with Crippen LogP contribution in [0.4, 0.5) is 0 Å². The molecule has 1 heteroatoms. The largest absolute Gasteiger partial charge is 0.300 e. The monoisotopic (exact) mass is 208 g/mol. The second-order valence-electron chi connectivity index (χ2n) is 4.56. The molecule has 0 amide bonds. The van der Waals surface area contributed by atoms with Crippen molar-refractivity contribution < 1.29 is 4.79 Å². The highest BCUT2D eigenvalue weighted by molar-refractivity contribution is 5.79. The number of hydrogen-bond donors (Lipinski definition) is 0. The first-order chi connectivity index (χ1) is 7.01. The minimum atomic E-state index is 0.314. The van der Waals surface area contributed by atoms with Crippen molar-refractivity contribution in [2.75, 3.05) is 0 Å². The Morgan fingerprint density at radius 3 is 2.27 bits per heavy atom. The maximum Gasteiger partial charge on any atom is 0.133 e. The summed E-state index contributed by atoms with van der Waals surface area (Å²) in [5.74, 6) is 1.14. The molecule has 0 saturated carbocycles. The lowest BCUT2D eigenvalue weighted by Crippen LogP contribution is -2.09. The number of hydrogen-bond acceptors (Lipinski definition) is 1. The lowest BCUT2D eigenvalue weighted by Gasteiger charge is -2.12. The summed E-state index contributed by atoms with van der Waals surface area (Å²) in [5, 5.41) is 0. The molecule has 0 saturated heterocycles. The standard InChI is InChI=1S/C14H24O/c1-6-8-13(7-2)12(5)10-14(15)9-11(3)4/h7-8,11-12H,2,6,9-10H2,1,3-5H3/b13-8+. The molecule has 15 heavy (non-hydrogen) atoms. The molecule has 1 atom stereocenters. The Labute approximate surface area is 94.3 Å². The van der Waals surface area contributed by atoms with E-state index in [-0.39, 0.29) is 0 Å². The zero-order valence-corrected chi connectivity index (χ0v) is 10.5. The van der Waals surface area contributed by atoms with Gasteiger partial charge in [-0.15, -0.1) is 0 Å². The Hall–Kier alpha value is -0.850. The second-order valence-corrected chi connectivity index (χ2v) is 4.56. The first kappa shape index (κ1) is 14.2. The van der Waals surface area contributed by atoms with Gasteiger partial charge in [-0.25, -0.2) is 0 Å². The van der Waals surface area contributed by atoms with Crippen LogP contribution in [0.25, 0.3) is 0 Å². The number of carbonyl (C=O) groups excluding carboxylic acids is 1. The van der Waals surface area contributed by atoms with E-state index >= 15 is 0 Å². The van der Waals surface area contributed by atoms with Crippen molar-refractivity contribution in [2.24, 2.45) is 11.8 Å². The molecule has 0 radical (unpaired) electrons. The van der Waals surface area contributed by atoms with Gasteiger partial charge in [0.05, 0.1) is 0 Å². The van der Waals surface area contributed by atoms with Crippen molar-refractivity contribution in [3.05, 3.63) is 24.3 Å². The predicted molar refractivity (Wildman–Crippen MR) is 66.8 cm³/mol. The molecule has 0 heterocycles. The van der Waals surface area contributed by atoms with Gasteiger partial charge in [-0.3, -0.25) is 4.79 Å². The molecule has 0 aromatic rings. The maximum absolute atomic E-state index is 11.6. The number of carbonyl (C=O) groups is 1. The van der Waals surface area contributed by atoms with Gasteiger partial charge < -0.3 is 0 Å². The van der Waals surface area contributed by atoms with Crippen LogP contribution in [0.15, 0.2) is 24.3 Å². The zero-order valence-electron chi connectivity index (χ0n) is 10.5. The van der Waals surface area contributed by atoms with Crippen LogP contribution in [0, 0.1) is 11.8 Å². The van der Waals surface area contributed by atoms with Crippen LogP contribution < -0.4 is 0 Å². The van der Waals surface area contributed by atoms with Crippen LogP contribution in [0.3, 0.4) is 0 Å². The summed E-state index contributed by atoms with van der Waals surface area (Å²) in [5.41, 5.74) is 1.20. The molecule has 1 unspecified atom stereocenters. The van der Waals surface area contributed by atoms with Gasteiger partial charge in [0.2, 0.25) is 0 Å². The highest BCUT2D eigenvalue weighted by Crippen LogP contribution is 2.18. The highest BCUT2D eigenvalue weighted by atomic mass is 16.1. The molecule has 0 aliphatic rings. The number of rotatable bonds is 7. The molecule has 1 nitrogen and oxygen atoms in total. The topological polar surface area (TPSA) is 17.1 Å². The molecule has 0 aromatic carbocycles. The molecule has 0 aliphatic carbocycles. The zero-order chi connectivity index (χ0) is 11.8. The summed E-state index contributed by atoms with van der Waals surface area (Å²) in [6, 6.07) is 0. The van der Waals surface area contributed by atoms with Gasteiger partial charge in [-0.05, 0) is 23.8 Å². The fourth-order valence-electron chi connectivity index (χ4n) is 1.72. The first-order valence-corrected chi connectivity index (χ1v) is 5.85. The first-order valence-electron chi connectivity index (χ1n) is 5.85. The van der Waals surface area contributed by atoms with Gasteiger partial charge in [-0.1, -0.05) is 46.4 Å². The normalized spacial score (nSPS) is 14.1. The summed E-state index contributed by atoms with van der Waals surface area (Å²) in [6.07, 6.45) is 6.37. The summed E-state index contributed by atoms with van der Waals surface area (Å²) in [7, 11) is 0. The lowest BCUT2D eigenvalue weighted by atomic mass is 9.92. The van der Waals surface area contributed by atoms with Gasteiger partial charge in [0, 0.05) is 12.8 Å². The van der Waals surface area contributed by atoms with Gasteiger partial charge in [-0.2, -0.15) is 0 Å². The van der Waals surface area contributed by atoms with Crippen LogP contribution in [0.2, 0.25) is 0 Å². The molecule has 0 aromatic heterocycles. The fourth-order valence-corrected chi connectivity index (χ4v) is 1.72. The van der Waals surface area contributed by atoms with E-state index in [0.29, 0.717) is 30.5 Å². The molecule has 0 fully saturated rings. The molecule has 0 aliphatic heterocycles. The SMILES string of the molecule is C=C/C(=C\CC)C(C)CC(=O)CC(C)C. The maximum atomic E-state index is 11.6. The average molecular weight is 208 g/mol. The van der Waals surface area contributed by atoms with E-state index < -0.39 is 0 Å². The van der Waals surface area contributed by atoms with Crippen molar-refractivity contribution in [2.45, 2.75) is 47.0 Å². The van der Waals surface area contributed by atoms with Crippen LogP contribution in [0.5, 0.6) is 0 Å². The third-order valence-electron chi connectivity index (χ3n) is 2.41. The van der Waals surface area contributed by atoms with Crippen molar-refractivity contribution >= 4 is 5.78 Å². The summed E-state index contributed by atoms with van der Waals surface area (Å²) < 4.78 is 0. The summed E-state index contributed by atoms with van der Waals surface area (Å²) in [4.78, 5) is 11.6. The van der Waals surface area contributed by atoms with Crippen LogP contribution in [0.1, 0.15) is 47.0 Å². The quantitative estimate of drug-likeness (QED) is 0.574. The molecule has 0 bridgehead atoms. The van der Waals surface area contributed by atoms with Crippen molar-refractivity contribution in [3.63, 3.8) is 0 Å². The number of ketones is 1. The molecule has 0 spiro atoms. The minimum absolute atomic E-state index is 0.314. The second kappa shape index (κ2) is 7.44. The Bertz CT molecular complexity index is 236. The van der Waals surface area contributed by atoms with Crippen LogP contribution in [-0.2, 0) is 4.79 Å². The third-order valence-corrected chi connectivity index (χ3v) is 2.41. The Balaban J connectivity index is 4.22. The van der Waals surface area contributed by atoms with E-state index in [0.717, 1.165) is 6.42 Å². The van der Waals surface area contributed by atoms with E-state index in [2.05, 4.69) is 40.3 Å². The minimum Gasteiger partial charge on any atom is -0.300 e. The van der Waals surface area contributed by atoms with Crippen molar-refractivity contribution in [1.82, 2.24) is 0 Å². The Morgan fingerprint density at radius 1 is 1.27 bits per heavy atom. The van der Waals surface area contributed by atoms with E-state index in [4.69, 9.17) is 0 Å². The molecule has 86 valence electrons. The summed E-state index contributed by atoms with van der Waals surface area (Å²) in [6.45, 7) is 12.2. The van der Waals surface area contributed by atoms with Gasteiger partial charge >= 0.3 is 0 Å². The van der Waals surface area contributed by atoms with E-state index in [1.807, 2.05) is 6.08 Å². The van der Waals surface area contributed by atoms with E-state index in [9.17, 15) is 4.79 Å². The van der Waals surface area contributed by atoms with Crippen molar-refractivity contribution in [1.29, 1.82) is 0 Å². The molecular formula is C14H24O. The van der Waals surface area contributed by atoms with Gasteiger partial charge in [0.15, 0.2) is 0 Å². The molecule has 0 rings (SSSR count). The predicted octanol–water partition coefficient (Wildman–Crippen LogP) is 4.15. The van der Waals surface area contributed by atoms with Gasteiger partial charge in [0.1, 0.15) is 5.78 Å². The third kappa shape index (κ3) is 6.27. The van der Waals surface area contributed by atoms with E-state index in [1.54, 1.807) is 0 Å². The van der Waals surface area contributed by atoms with E-state index in [1.165, 1.54) is 5.57 Å². The molecule has 0 N–H and O–H groups in total. The lowest BCUT2D eigenvalue weighted by molar-refractivity contribution is -0.120. The Morgan fingerprint density at radius 2 is 1.87 bits per heavy atom. The van der Waals surface area contributed by atoms with Crippen LogP contribution in [-0.4, -0.2) is 5.78 Å². The fraction of sp³-hybridized carbons (Fsp3) is 0.643. The smallest absolute Gasteiger partial charge is 0.133 e. The van der Waals surface area contributed by atoms with Crippen LogP contribution >= 0.6 is 0 Å². The Kier molecular flexibility index (Phi) is 7.02. The van der Waals surface area contributed by atoms with Crippen molar-refractivity contribution in [3.8, 4) is 0 Å². The number of allylic oxidation sites excluding steroid dienone is 3. The highest BCUT2D eigenvalue weighted by Gasteiger charge is 2.12. The number of Topliss-reactive ketones (excluding diaryl/α,β-unsaturated/α-hetero) is 1.